The van der Waals surface area contributed by atoms with Gasteiger partial charge in [-0.15, -0.1) is 22.7 Å². The van der Waals surface area contributed by atoms with Crippen LogP contribution in [0.15, 0.2) is 11.4 Å². The summed E-state index contributed by atoms with van der Waals surface area (Å²) >= 11 is 2.98. The molecule has 2 aromatic heterocycles. The number of hydrogen-bond acceptors (Lipinski definition) is 5. The van der Waals surface area contributed by atoms with Crippen LogP contribution in [0.3, 0.4) is 0 Å². The summed E-state index contributed by atoms with van der Waals surface area (Å²) in [5.74, 6) is -0.303. The standard InChI is InChI=1S/C17H21NO3S2/c1-6-21-17(20)12-7-14(9(2)3)23-16(12)18-15(19)13-8-22-11(5)10(13)4/h7-9H,6H2,1-5H3,(H,18,19). The van der Waals surface area contributed by atoms with E-state index in [1.165, 1.54) is 11.3 Å². The number of aryl methyl sites for hydroxylation is 1. The van der Waals surface area contributed by atoms with E-state index in [0.29, 0.717) is 22.7 Å². The Morgan fingerprint density at radius 2 is 1.96 bits per heavy atom. The summed E-state index contributed by atoms with van der Waals surface area (Å²) in [6.45, 7) is 10.1. The van der Waals surface area contributed by atoms with Gasteiger partial charge < -0.3 is 10.1 Å². The Hall–Kier alpha value is -1.66. The lowest BCUT2D eigenvalue weighted by Crippen LogP contribution is -2.14. The predicted molar refractivity (Wildman–Crippen MR) is 96.1 cm³/mol. The van der Waals surface area contributed by atoms with Gasteiger partial charge in [0.1, 0.15) is 5.00 Å². The summed E-state index contributed by atoms with van der Waals surface area (Å²) < 4.78 is 5.10. The maximum absolute atomic E-state index is 12.5. The zero-order valence-corrected chi connectivity index (χ0v) is 15.6. The fourth-order valence-electron chi connectivity index (χ4n) is 2.06. The molecular formula is C17H21NO3S2. The number of ether oxygens (including phenoxy) is 1. The second-order valence-electron chi connectivity index (χ2n) is 5.55. The molecule has 0 aliphatic carbocycles. The second-order valence-corrected chi connectivity index (χ2v) is 7.72. The number of nitrogens with one attached hydrogen (secondary N) is 1. The van der Waals surface area contributed by atoms with Crippen LogP contribution in [0.5, 0.6) is 0 Å². The van der Waals surface area contributed by atoms with E-state index in [2.05, 4.69) is 19.2 Å². The van der Waals surface area contributed by atoms with E-state index >= 15 is 0 Å². The summed E-state index contributed by atoms with van der Waals surface area (Å²) in [5.41, 5.74) is 2.06. The summed E-state index contributed by atoms with van der Waals surface area (Å²) in [4.78, 5) is 26.8. The number of amides is 1. The van der Waals surface area contributed by atoms with Crippen LogP contribution in [-0.4, -0.2) is 18.5 Å². The zero-order chi connectivity index (χ0) is 17.1. The molecule has 4 nitrogen and oxygen atoms in total. The first kappa shape index (κ1) is 17.7. The topological polar surface area (TPSA) is 55.4 Å². The molecule has 0 aliphatic rings. The van der Waals surface area contributed by atoms with Crippen LogP contribution in [0, 0.1) is 13.8 Å². The molecule has 0 saturated heterocycles. The Morgan fingerprint density at radius 3 is 2.48 bits per heavy atom. The maximum atomic E-state index is 12.5. The minimum Gasteiger partial charge on any atom is -0.462 e. The molecule has 2 aromatic rings. The fraction of sp³-hybridized carbons (Fsp3) is 0.412. The highest BCUT2D eigenvalue weighted by Gasteiger charge is 2.21. The first-order valence-electron chi connectivity index (χ1n) is 7.52. The lowest BCUT2D eigenvalue weighted by molar-refractivity contribution is 0.0528. The predicted octanol–water partition coefficient (Wildman–Crippen LogP) is 4.98. The van der Waals surface area contributed by atoms with Crippen molar-refractivity contribution in [2.24, 2.45) is 0 Å². The monoisotopic (exact) mass is 351 g/mol. The van der Waals surface area contributed by atoms with Crippen molar-refractivity contribution >= 4 is 39.6 Å². The molecule has 6 heteroatoms. The molecule has 0 saturated carbocycles. The average molecular weight is 351 g/mol. The molecule has 0 radical (unpaired) electrons. The molecule has 0 atom stereocenters. The van der Waals surface area contributed by atoms with Crippen molar-refractivity contribution < 1.29 is 14.3 Å². The minimum atomic E-state index is -0.399. The third kappa shape index (κ3) is 3.82. The van der Waals surface area contributed by atoms with Crippen LogP contribution in [0.25, 0.3) is 0 Å². The van der Waals surface area contributed by atoms with Gasteiger partial charge >= 0.3 is 5.97 Å². The Kier molecular flexibility index (Phi) is 5.59. The molecule has 1 amide bonds. The van der Waals surface area contributed by atoms with Crippen LogP contribution in [-0.2, 0) is 4.74 Å². The van der Waals surface area contributed by atoms with Crippen molar-refractivity contribution in [3.05, 3.63) is 37.9 Å². The van der Waals surface area contributed by atoms with Crippen molar-refractivity contribution in [3.63, 3.8) is 0 Å². The van der Waals surface area contributed by atoms with Crippen molar-refractivity contribution in [2.75, 3.05) is 11.9 Å². The lowest BCUT2D eigenvalue weighted by atomic mass is 10.1. The first-order chi connectivity index (χ1) is 10.8. The van der Waals surface area contributed by atoms with E-state index in [-0.39, 0.29) is 11.8 Å². The van der Waals surface area contributed by atoms with E-state index in [1.807, 2.05) is 25.3 Å². The number of esters is 1. The third-order valence-corrected chi connectivity index (χ3v) is 5.94. The number of thiophene rings is 2. The van der Waals surface area contributed by atoms with Gasteiger partial charge in [0.2, 0.25) is 0 Å². The van der Waals surface area contributed by atoms with Gasteiger partial charge in [-0.3, -0.25) is 4.79 Å². The molecule has 0 unspecified atom stereocenters. The number of anilines is 1. The molecule has 2 rings (SSSR count). The molecule has 23 heavy (non-hydrogen) atoms. The van der Waals surface area contributed by atoms with Gasteiger partial charge in [0.25, 0.3) is 5.91 Å². The van der Waals surface area contributed by atoms with Crippen LogP contribution in [0.2, 0.25) is 0 Å². The van der Waals surface area contributed by atoms with Gasteiger partial charge in [0.15, 0.2) is 0 Å². The highest BCUT2D eigenvalue weighted by atomic mass is 32.1. The van der Waals surface area contributed by atoms with E-state index in [4.69, 9.17) is 4.74 Å². The molecule has 0 aromatic carbocycles. The van der Waals surface area contributed by atoms with E-state index in [0.717, 1.165) is 15.3 Å². The zero-order valence-electron chi connectivity index (χ0n) is 14.0. The van der Waals surface area contributed by atoms with Crippen LogP contribution >= 0.6 is 22.7 Å². The fourth-order valence-corrected chi connectivity index (χ4v) is 3.97. The molecule has 0 fully saturated rings. The Bertz CT molecular complexity index is 728. The van der Waals surface area contributed by atoms with Crippen molar-refractivity contribution in [1.82, 2.24) is 0 Å². The Labute approximate surface area is 144 Å². The minimum absolute atomic E-state index is 0.186. The van der Waals surface area contributed by atoms with E-state index < -0.39 is 5.97 Å². The van der Waals surface area contributed by atoms with Crippen LogP contribution in [0.4, 0.5) is 5.00 Å². The number of carbonyl (C=O) groups excluding carboxylic acids is 2. The van der Waals surface area contributed by atoms with Gasteiger partial charge in [0, 0.05) is 15.1 Å². The van der Waals surface area contributed by atoms with Crippen molar-refractivity contribution in [3.8, 4) is 0 Å². The summed E-state index contributed by atoms with van der Waals surface area (Å²) in [5, 5.41) is 5.29. The average Bonchev–Trinajstić information content (AvgIpc) is 3.04. The van der Waals surface area contributed by atoms with Gasteiger partial charge in [-0.1, -0.05) is 13.8 Å². The Morgan fingerprint density at radius 1 is 1.26 bits per heavy atom. The van der Waals surface area contributed by atoms with Gasteiger partial charge in [-0.25, -0.2) is 4.79 Å². The summed E-state index contributed by atoms with van der Waals surface area (Å²) in [6, 6.07) is 1.81. The number of carbonyl (C=O) groups is 2. The molecule has 124 valence electrons. The lowest BCUT2D eigenvalue weighted by Gasteiger charge is -2.06. The van der Waals surface area contributed by atoms with Crippen molar-refractivity contribution in [2.45, 2.75) is 40.5 Å². The highest BCUT2D eigenvalue weighted by Crippen LogP contribution is 2.34. The number of hydrogen-bond donors (Lipinski definition) is 1. The molecule has 2 heterocycles. The normalized spacial score (nSPS) is 10.9. The Balaban J connectivity index is 2.32. The molecular weight excluding hydrogens is 330 g/mol. The van der Waals surface area contributed by atoms with E-state index in [9.17, 15) is 9.59 Å². The maximum Gasteiger partial charge on any atom is 0.341 e. The molecule has 0 bridgehead atoms. The third-order valence-electron chi connectivity index (χ3n) is 3.57. The number of rotatable bonds is 5. The van der Waals surface area contributed by atoms with Crippen LogP contribution in [0.1, 0.15) is 62.7 Å². The highest BCUT2D eigenvalue weighted by molar-refractivity contribution is 7.16. The second kappa shape index (κ2) is 7.27. The van der Waals surface area contributed by atoms with Crippen molar-refractivity contribution in [1.29, 1.82) is 0 Å². The quantitative estimate of drug-likeness (QED) is 0.773. The molecule has 1 N–H and O–H groups in total. The van der Waals surface area contributed by atoms with Gasteiger partial charge in [-0.05, 0) is 38.3 Å². The smallest absolute Gasteiger partial charge is 0.341 e. The van der Waals surface area contributed by atoms with Gasteiger partial charge in [0.05, 0.1) is 17.7 Å². The van der Waals surface area contributed by atoms with E-state index in [1.54, 1.807) is 18.3 Å². The summed E-state index contributed by atoms with van der Waals surface area (Å²) in [7, 11) is 0. The molecule has 0 aliphatic heterocycles. The molecule has 0 spiro atoms. The first-order valence-corrected chi connectivity index (χ1v) is 9.21. The van der Waals surface area contributed by atoms with Gasteiger partial charge in [-0.2, -0.15) is 0 Å². The van der Waals surface area contributed by atoms with Crippen LogP contribution < -0.4 is 5.32 Å². The largest absolute Gasteiger partial charge is 0.462 e. The summed E-state index contributed by atoms with van der Waals surface area (Å²) in [6.07, 6.45) is 0. The SMILES string of the molecule is CCOC(=O)c1cc(C(C)C)sc1NC(=O)c1csc(C)c1C.